The highest BCUT2D eigenvalue weighted by Crippen LogP contribution is 2.34. The maximum Gasteiger partial charge on any atom is 0.407 e. The Morgan fingerprint density at radius 2 is 1.24 bits per heavy atom. The summed E-state index contributed by atoms with van der Waals surface area (Å²) >= 11 is 0. The number of nitrogens with zero attached hydrogens (tertiary/aromatic N) is 4. The Balaban J connectivity index is 1.17. The van der Waals surface area contributed by atoms with Gasteiger partial charge in [-0.25, -0.2) is 19.6 Å². The minimum atomic E-state index is -0.720. The summed E-state index contributed by atoms with van der Waals surface area (Å²) in [5.41, 5.74) is 4.76. The molecule has 0 spiro atoms. The number of alkyl carbamates (subject to hydrolysis) is 2. The lowest BCUT2D eigenvalue weighted by molar-refractivity contribution is -0.135. The number of aromatic amines is 2. The highest BCUT2D eigenvalue weighted by molar-refractivity contribution is 5.87. The molecular weight excluding hydrogens is 640 g/mol. The Bertz CT molecular complexity index is 1990. The van der Waals surface area contributed by atoms with E-state index in [0.29, 0.717) is 24.7 Å². The highest BCUT2D eigenvalue weighted by atomic mass is 16.5. The van der Waals surface area contributed by atoms with Crippen LogP contribution in [-0.4, -0.2) is 93.1 Å². The molecular formula is C36H42N8O6. The van der Waals surface area contributed by atoms with Crippen molar-refractivity contribution in [3.05, 3.63) is 59.2 Å². The van der Waals surface area contributed by atoms with E-state index in [2.05, 4.69) is 37.2 Å². The summed E-state index contributed by atoms with van der Waals surface area (Å²) in [4.78, 5) is 70.2. The van der Waals surface area contributed by atoms with E-state index in [1.807, 2.05) is 50.2 Å². The molecule has 4 N–H and O–H groups in total. The summed E-state index contributed by atoms with van der Waals surface area (Å²) in [5.74, 6) is 7.41. The van der Waals surface area contributed by atoms with Gasteiger partial charge in [0.2, 0.25) is 11.8 Å². The van der Waals surface area contributed by atoms with Crippen molar-refractivity contribution in [2.75, 3.05) is 27.3 Å². The topological polar surface area (TPSA) is 175 Å². The second kappa shape index (κ2) is 14.5. The molecule has 4 aromatic rings. The van der Waals surface area contributed by atoms with Gasteiger partial charge in [0, 0.05) is 24.2 Å². The third kappa shape index (κ3) is 7.08. The lowest BCUT2D eigenvalue weighted by Gasteiger charge is -2.29. The number of nitrogens with one attached hydrogen (secondary N) is 4. The molecule has 4 heterocycles. The normalized spacial score (nSPS) is 18.5. The number of methoxy groups -OCH3 is 2. The number of hydrogen-bond donors (Lipinski definition) is 4. The minimum Gasteiger partial charge on any atom is -0.453 e. The van der Waals surface area contributed by atoms with Crippen molar-refractivity contribution >= 4 is 46.1 Å². The molecule has 50 heavy (non-hydrogen) atoms. The summed E-state index contributed by atoms with van der Waals surface area (Å²) in [6, 6.07) is 9.69. The van der Waals surface area contributed by atoms with Crippen molar-refractivity contribution < 1.29 is 28.7 Å². The summed E-state index contributed by atoms with van der Waals surface area (Å²) < 4.78 is 9.38. The number of hydrogen-bond acceptors (Lipinski definition) is 8. The molecule has 2 aliphatic rings. The second-order valence-electron chi connectivity index (χ2n) is 13.1. The van der Waals surface area contributed by atoms with Gasteiger partial charge in [-0.05, 0) is 74.9 Å². The molecule has 262 valence electrons. The molecule has 2 saturated heterocycles. The zero-order chi connectivity index (χ0) is 35.5. The first-order valence-electron chi connectivity index (χ1n) is 16.9. The number of carbonyl (C=O) groups excluding carboxylic acids is 4. The van der Waals surface area contributed by atoms with Crippen LogP contribution in [0.1, 0.15) is 81.3 Å². The van der Waals surface area contributed by atoms with Gasteiger partial charge >= 0.3 is 12.2 Å². The Kier molecular flexibility index (Phi) is 9.94. The number of benzene rings is 2. The van der Waals surface area contributed by atoms with Gasteiger partial charge in [0.25, 0.3) is 0 Å². The predicted molar refractivity (Wildman–Crippen MR) is 185 cm³/mol. The van der Waals surface area contributed by atoms with Crippen LogP contribution in [0.4, 0.5) is 9.59 Å². The smallest absolute Gasteiger partial charge is 0.407 e. The minimum absolute atomic E-state index is 0.115. The van der Waals surface area contributed by atoms with Crippen LogP contribution in [0.2, 0.25) is 0 Å². The van der Waals surface area contributed by atoms with Crippen LogP contribution in [0.25, 0.3) is 22.1 Å². The summed E-state index contributed by atoms with van der Waals surface area (Å²) in [6.45, 7) is 6.58. The monoisotopic (exact) mass is 682 g/mol. The van der Waals surface area contributed by atoms with Crippen LogP contribution in [0.5, 0.6) is 0 Å². The van der Waals surface area contributed by atoms with Crippen molar-refractivity contribution in [2.45, 2.75) is 70.6 Å². The number of rotatable bonds is 7. The molecule has 14 nitrogen and oxygen atoms in total. The molecule has 14 heteroatoms. The van der Waals surface area contributed by atoms with E-state index in [-0.39, 0.29) is 29.8 Å². The van der Waals surface area contributed by atoms with Crippen molar-refractivity contribution in [1.82, 2.24) is 40.4 Å². The predicted octanol–water partition coefficient (Wildman–Crippen LogP) is 4.29. The van der Waals surface area contributed by atoms with Crippen LogP contribution in [0.15, 0.2) is 36.4 Å². The number of amides is 4. The Labute approximate surface area is 289 Å². The molecule has 2 aromatic carbocycles. The fourth-order valence-electron chi connectivity index (χ4n) is 6.72. The van der Waals surface area contributed by atoms with Crippen LogP contribution in [0.3, 0.4) is 0 Å². The van der Waals surface area contributed by atoms with Gasteiger partial charge in [0.15, 0.2) is 0 Å². The zero-order valence-corrected chi connectivity index (χ0v) is 28.8. The Morgan fingerprint density at radius 3 is 1.72 bits per heavy atom. The maximum absolute atomic E-state index is 13.5. The van der Waals surface area contributed by atoms with Crippen LogP contribution >= 0.6 is 0 Å². The van der Waals surface area contributed by atoms with Crippen molar-refractivity contribution in [1.29, 1.82) is 0 Å². The van der Waals surface area contributed by atoms with E-state index < -0.39 is 24.3 Å². The average molecular weight is 683 g/mol. The highest BCUT2D eigenvalue weighted by Gasteiger charge is 2.38. The first-order valence-corrected chi connectivity index (χ1v) is 16.9. The van der Waals surface area contributed by atoms with Crippen LogP contribution in [0, 0.1) is 17.8 Å². The molecule has 0 radical (unpaired) electrons. The quantitative estimate of drug-likeness (QED) is 0.209. The molecule has 2 fully saturated rings. The Morgan fingerprint density at radius 1 is 0.760 bits per heavy atom. The van der Waals surface area contributed by atoms with Crippen LogP contribution < -0.4 is 10.6 Å². The number of ether oxygens (including phenoxy) is 2. The first kappa shape index (κ1) is 34.3. The molecule has 4 atom stereocenters. The molecule has 2 aliphatic heterocycles. The number of carbonyl (C=O) groups is 4. The first-order chi connectivity index (χ1) is 24.1. The lowest BCUT2D eigenvalue weighted by Crippen LogP contribution is -2.51. The molecule has 2 aromatic heterocycles. The fourth-order valence-corrected chi connectivity index (χ4v) is 6.72. The molecule has 4 amide bonds. The summed E-state index contributed by atoms with van der Waals surface area (Å²) in [6.07, 6.45) is 1.91. The molecule has 0 bridgehead atoms. The van der Waals surface area contributed by atoms with Gasteiger partial charge in [-0.15, -0.1) is 0 Å². The van der Waals surface area contributed by atoms with E-state index in [1.165, 1.54) is 14.2 Å². The number of aromatic nitrogens is 4. The van der Waals surface area contributed by atoms with Crippen molar-refractivity contribution in [3.8, 4) is 11.8 Å². The van der Waals surface area contributed by atoms with E-state index >= 15 is 0 Å². The van der Waals surface area contributed by atoms with Gasteiger partial charge < -0.3 is 39.9 Å². The van der Waals surface area contributed by atoms with Crippen molar-refractivity contribution in [3.63, 3.8) is 0 Å². The van der Waals surface area contributed by atoms with Crippen molar-refractivity contribution in [2.24, 2.45) is 5.92 Å². The fraction of sp³-hybridized carbons (Fsp3) is 0.444. The van der Waals surface area contributed by atoms with Gasteiger partial charge in [0.05, 0.1) is 48.4 Å². The zero-order valence-electron chi connectivity index (χ0n) is 28.8. The third-order valence-electron chi connectivity index (χ3n) is 9.34. The summed E-state index contributed by atoms with van der Waals surface area (Å²) in [7, 11) is 2.55. The SMILES string of the molecule is COC(=O)N[C@@H](C)C(=O)N1CCC[C@H]1c1nc2cc(C#Cc3ccc4[nH]c([C@@H]5CCCN5C(=O)[C@@H](NC(=O)OC)C(C)C)nc4c3)ccc2[nH]1. The molecule has 0 saturated carbocycles. The lowest BCUT2D eigenvalue weighted by atomic mass is 10.0. The van der Waals surface area contributed by atoms with Gasteiger partial charge in [-0.3, -0.25) is 9.59 Å². The molecule has 6 rings (SSSR count). The van der Waals surface area contributed by atoms with Gasteiger partial charge in [-0.1, -0.05) is 25.7 Å². The van der Waals surface area contributed by atoms with E-state index in [1.54, 1.807) is 16.7 Å². The number of H-pyrrole nitrogens is 2. The van der Waals surface area contributed by atoms with E-state index in [0.717, 1.165) is 58.9 Å². The Hall–Kier alpha value is -5.58. The maximum atomic E-state index is 13.5. The number of fused-ring (bicyclic) bond motifs is 2. The second-order valence-corrected chi connectivity index (χ2v) is 13.1. The third-order valence-corrected chi connectivity index (χ3v) is 9.34. The van der Waals surface area contributed by atoms with E-state index in [4.69, 9.17) is 14.7 Å². The van der Waals surface area contributed by atoms with E-state index in [9.17, 15) is 19.2 Å². The standard InChI is InChI=1S/C36H42N8O6/c1-20(2)30(42-36(48)50-5)34(46)44-17-7-9-29(44)32-39-25-15-13-23(19-27(25)41-32)11-10-22-12-14-24-26(18-22)40-31(38-24)28-8-6-16-43(28)33(45)21(3)37-35(47)49-4/h12-15,18-21,28-30H,6-9,16-17H2,1-5H3,(H,37,47)(H,38,40)(H,39,41)(H,42,48)/t21-,28-,29-,30-/m0/s1. The molecule has 0 unspecified atom stereocenters. The number of imidazole rings is 2. The molecule has 0 aliphatic carbocycles. The number of likely N-dealkylation sites (tertiary alicyclic amines) is 2. The van der Waals surface area contributed by atoms with Gasteiger partial charge in [0.1, 0.15) is 23.7 Å². The van der Waals surface area contributed by atoms with Crippen LogP contribution in [-0.2, 0) is 19.1 Å². The largest absolute Gasteiger partial charge is 0.453 e. The average Bonchev–Trinajstić information content (AvgIpc) is 3.93. The van der Waals surface area contributed by atoms with Gasteiger partial charge in [-0.2, -0.15) is 0 Å². The summed E-state index contributed by atoms with van der Waals surface area (Å²) in [5, 5.41) is 5.23.